The van der Waals surface area contributed by atoms with E-state index in [2.05, 4.69) is 0 Å². The van der Waals surface area contributed by atoms with Crippen molar-refractivity contribution in [2.75, 3.05) is 24.6 Å². The summed E-state index contributed by atoms with van der Waals surface area (Å²) in [5, 5.41) is 9.01. The topological polar surface area (TPSA) is 83.6 Å². The Labute approximate surface area is 128 Å². The summed E-state index contributed by atoms with van der Waals surface area (Å²) in [6.45, 7) is 1.08. The molecule has 0 aliphatic carbocycles. The molecule has 3 N–H and O–H groups in total. The molecule has 1 fully saturated rings. The van der Waals surface area contributed by atoms with Gasteiger partial charge in [-0.2, -0.15) is 11.8 Å². The molecular formula is C15H20N2O3S. The van der Waals surface area contributed by atoms with Crippen LogP contribution in [-0.2, 0) is 11.2 Å². The summed E-state index contributed by atoms with van der Waals surface area (Å²) in [4.78, 5) is 25.5. The number of nitrogens with two attached hydrogens (primary N) is 1. The van der Waals surface area contributed by atoms with Crippen molar-refractivity contribution in [3.8, 4) is 0 Å². The van der Waals surface area contributed by atoms with Crippen LogP contribution in [0, 0.1) is 0 Å². The number of hydrogen-bond donors (Lipinski definition) is 2. The first-order valence-corrected chi connectivity index (χ1v) is 8.17. The van der Waals surface area contributed by atoms with Crippen LogP contribution in [0.4, 0.5) is 0 Å². The molecule has 6 heteroatoms. The molecule has 0 saturated carbocycles. The molecule has 1 aliphatic heterocycles. The van der Waals surface area contributed by atoms with Crippen molar-refractivity contribution in [3.63, 3.8) is 0 Å². The lowest BCUT2D eigenvalue weighted by molar-refractivity contribution is -0.138. The first-order chi connectivity index (χ1) is 10.1. The SMILES string of the molecule is NCCc1ccccc1C(=O)N1CCSCC1CC(=O)O. The molecule has 0 bridgehead atoms. The second kappa shape index (κ2) is 7.47. The molecular weight excluding hydrogens is 288 g/mol. The van der Waals surface area contributed by atoms with Crippen LogP contribution in [0.15, 0.2) is 24.3 Å². The lowest BCUT2D eigenvalue weighted by Crippen LogP contribution is -2.47. The molecule has 1 aromatic carbocycles. The number of aliphatic carboxylic acids is 1. The molecule has 0 spiro atoms. The predicted octanol–water partition coefficient (Wildman–Crippen LogP) is 1.22. The molecule has 1 unspecified atom stereocenters. The van der Waals surface area contributed by atoms with E-state index in [0.29, 0.717) is 30.8 Å². The minimum Gasteiger partial charge on any atom is -0.481 e. The van der Waals surface area contributed by atoms with Crippen LogP contribution in [0.25, 0.3) is 0 Å². The van der Waals surface area contributed by atoms with Gasteiger partial charge < -0.3 is 15.7 Å². The van der Waals surface area contributed by atoms with Gasteiger partial charge in [0.2, 0.25) is 0 Å². The fraction of sp³-hybridized carbons (Fsp3) is 0.467. The quantitative estimate of drug-likeness (QED) is 0.854. The molecule has 1 atom stereocenters. The van der Waals surface area contributed by atoms with Gasteiger partial charge in [-0.3, -0.25) is 9.59 Å². The third-order valence-corrected chi connectivity index (χ3v) is 4.65. The van der Waals surface area contributed by atoms with Gasteiger partial charge >= 0.3 is 5.97 Å². The predicted molar refractivity (Wildman–Crippen MR) is 83.6 cm³/mol. The number of rotatable bonds is 5. The van der Waals surface area contributed by atoms with E-state index in [9.17, 15) is 9.59 Å². The van der Waals surface area contributed by atoms with Gasteiger partial charge in [-0.25, -0.2) is 0 Å². The van der Waals surface area contributed by atoms with E-state index in [1.54, 1.807) is 22.7 Å². The summed E-state index contributed by atoms with van der Waals surface area (Å²) in [5.41, 5.74) is 7.17. The molecule has 0 radical (unpaired) electrons. The maximum atomic E-state index is 12.8. The first kappa shape index (κ1) is 15.9. The van der Waals surface area contributed by atoms with E-state index in [1.807, 2.05) is 18.2 Å². The van der Waals surface area contributed by atoms with Crippen LogP contribution in [0.2, 0.25) is 0 Å². The number of carboxylic acid groups (broad SMARTS) is 1. The highest BCUT2D eigenvalue weighted by molar-refractivity contribution is 7.99. The van der Waals surface area contributed by atoms with Gasteiger partial charge in [-0.1, -0.05) is 18.2 Å². The number of benzene rings is 1. The minimum atomic E-state index is -0.865. The highest BCUT2D eigenvalue weighted by Crippen LogP contribution is 2.22. The molecule has 0 aromatic heterocycles. The van der Waals surface area contributed by atoms with Crippen LogP contribution in [0.5, 0.6) is 0 Å². The van der Waals surface area contributed by atoms with Crippen molar-refractivity contribution in [1.29, 1.82) is 0 Å². The van der Waals surface area contributed by atoms with Crippen LogP contribution in [0.1, 0.15) is 22.3 Å². The standard InChI is InChI=1S/C15H20N2O3S/c16-6-5-11-3-1-2-4-13(11)15(20)17-7-8-21-10-12(17)9-14(18)19/h1-4,12H,5-10,16H2,(H,18,19). The molecule has 21 heavy (non-hydrogen) atoms. The Morgan fingerprint density at radius 3 is 2.86 bits per heavy atom. The number of carboxylic acids is 1. The molecule has 1 aromatic rings. The van der Waals surface area contributed by atoms with Gasteiger partial charge in [0.15, 0.2) is 0 Å². The zero-order chi connectivity index (χ0) is 15.2. The van der Waals surface area contributed by atoms with Crippen molar-refractivity contribution >= 4 is 23.6 Å². The fourth-order valence-corrected chi connectivity index (χ4v) is 3.61. The van der Waals surface area contributed by atoms with Crippen LogP contribution in [0.3, 0.4) is 0 Å². The molecule has 1 amide bonds. The monoisotopic (exact) mass is 308 g/mol. The number of amides is 1. The zero-order valence-electron chi connectivity index (χ0n) is 11.8. The summed E-state index contributed by atoms with van der Waals surface area (Å²) in [7, 11) is 0. The summed E-state index contributed by atoms with van der Waals surface area (Å²) in [6, 6.07) is 7.19. The zero-order valence-corrected chi connectivity index (χ0v) is 12.6. The van der Waals surface area contributed by atoms with E-state index in [1.165, 1.54) is 0 Å². The third-order valence-electron chi connectivity index (χ3n) is 3.56. The average molecular weight is 308 g/mol. The molecule has 114 valence electrons. The Morgan fingerprint density at radius 2 is 2.14 bits per heavy atom. The van der Waals surface area contributed by atoms with Gasteiger partial charge in [-0.05, 0) is 24.6 Å². The summed E-state index contributed by atoms with van der Waals surface area (Å²) >= 11 is 1.70. The third kappa shape index (κ3) is 3.98. The Balaban J connectivity index is 2.22. The van der Waals surface area contributed by atoms with E-state index in [0.717, 1.165) is 11.3 Å². The van der Waals surface area contributed by atoms with Crippen molar-refractivity contribution in [2.24, 2.45) is 5.73 Å². The Hall–Kier alpha value is -1.53. The van der Waals surface area contributed by atoms with Crippen molar-refractivity contribution in [2.45, 2.75) is 18.9 Å². The number of carbonyl (C=O) groups excluding carboxylic acids is 1. The highest BCUT2D eigenvalue weighted by Gasteiger charge is 2.30. The molecule has 5 nitrogen and oxygen atoms in total. The number of carbonyl (C=O) groups is 2. The van der Waals surface area contributed by atoms with E-state index >= 15 is 0 Å². The van der Waals surface area contributed by atoms with Gasteiger partial charge in [0.05, 0.1) is 12.5 Å². The van der Waals surface area contributed by atoms with Crippen LogP contribution >= 0.6 is 11.8 Å². The average Bonchev–Trinajstić information content (AvgIpc) is 2.47. The number of nitrogens with zero attached hydrogens (tertiary/aromatic N) is 1. The maximum absolute atomic E-state index is 12.8. The lowest BCUT2D eigenvalue weighted by atomic mass is 10.0. The van der Waals surface area contributed by atoms with E-state index in [-0.39, 0.29) is 18.4 Å². The maximum Gasteiger partial charge on any atom is 0.305 e. The molecule has 1 heterocycles. The van der Waals surface area contributed by atoms with Gasteiger partial charge in [0, 0.05) is 23.6 Å². The Kier molecular flexibility index (Phi) is 5.64. The Morgan fingerprint density at radius 1 is 1.38 bits per heavy atom. The molecule has 2 rings (SSSR count). The molecule has 1 saturated heterocycles. The Bertz CT molecular complexity index is 521. The van der Waals surface area contributed by atoms with Gasteiger partial charge in [0.25, 0.3) is 5.91 Å². The number of thioether (sulfide) groups is 1. The smallest absolute Gasteiger partial charge is 0.305 e. The van der Waals surface area contributed by atoms with Gasteiger partial charge in [0.1, 0.15) is 0 Å². The van der Waals surface area contributed by atoms with Crippen molar-refractivity contribution in [1.82, 2.24) is 4.90 Å². The summed E-state index contributed by atoms with van der Waals surface area (Å²) in [5.74, 6) is 0.582. The first-order valence-electron chi connectivity index (χ1n) is 7.02. The molecule has 1 aliphatic rings. The van der Waals surface area contributed by atoms with E-state index in [4.69, 9.17) is 10.8 Å². The van der Waals surface area contributed by atoms with Crippen LogP contribution in [-0.4, -0.2) is 52.5 Å². The second-order valence-corrected chi connectivity index (χ2v) is 6.17. The second-order valence-electron chi connectivity index (χ2n) is 5.02. The van der Waals surface area contributed by atoms with Crippen molar-refractivity contribution in [3.05, 3.63) is 35.4 Å². The van der Waals surface area contributed by atoms with Crippen LogP contribution < -0.4 is 5.73 Å². The minimum absolute atomic E-state index is 0.00219. The highest BCUT2D eigenvalue weighted by atomic mass is 32.2. The normalized spacial score (nSPS) is 18.5. The summed E-state index contributed by atoms with van der Waals surface area (Å²) < 4.78 is 0. The van der Waals surface area contributed by atoms with Gasteiger partial charge in [-0.15, -0.1) is 0 Å². The largest absolute Gasteiger partial charge is 0.481 e. The fourth-order valence-electron chi connectivity index (χ4n) is 2.55. The summed E-state index contributed by atoms with van der Waals surface area (Å²) in [6.07, 6.45) is 0.645. The van der Waals surface area contributed by atoms with E-state index < -0.39 is 5.97 Å². The number of hydrogen-bond acceptors (Lipinski definition) is 4. The van der Waals surface area contributed by atoms with Crippen molar-refractivity contribution < 1.29 is 14.7 Å². The lowest BCUT2D eigenvalue weighted by Gasteiger charge is -2.35.